The van der Waals surface area contributed by atoms with Crippen LogP contribution in [0.5, 0.6) is 0 Å². The highest BCUT2D eigenvalue weighted by Crippen LogP contribution is 2.12. The molecule has 0 radical (unpaired) electrons. The van der Waals surface area contributed by atoms with E-state index in [-0.39, 0.29) is 0 Å². The third-order valence-corrected chi connectivity index (χ3v) is 1.05. The fraction of sp³-hybridized carbons (Fsp3) is 0.333. The Morgan fingerprint density at radius 1 is 1.14 bits per heavy atom. The maximum absolute atomic E-state index is 4.97. The molecule has 1 nitrogen and oxygen atoms in total. The molecule has 0 aromatic carbocycles. The highest BCUT2D eigenvalue weighted by Gasteiger charge is 2.07. The molecule has 0 atom stereocenters. The Hall–Kier alpha value is -0.560. The molecule has 1 rings (SSSR count). The van der Waals surface area contributed by atoms with Crippen LogP contribution in [0.2, 0.25) is 0 Å². The van der Waals surface area contributed by atoms with E-state index < -0.39 is 0 Å². The van der Waals surface area contributed by atoms with Gasteiger partial charge >= 0.3 is 0 Å². The zero-order valence-corrected chi connectivity index (χ0v) is 4.24. The van der Waals surface area contributed by atoms with Gasteiger partial charge in [-0.25, -0.2) is 0 Å². The van der Waals surface area contributed by atoms with Crippen LogP contribution in [-0.4, -0.2) is 13.2 Å². The van der Waals surface area contributed by atoms with Gasteiger partial charge in [0.05, 0.1) is 13.2 Å². The first-order valence-corrected chi connectivity index (χ1v) is 2.24. The van der Waals surface area contributed by atoms with Gasteiger partial charge < -0.3 is 4.74 Å². The van der Waals surface area contributed by atoms with Crippen LogP contribution in [0.4, 0.5) is 0 Å². The van der Waals surface area contributed by atoms with E-state index in [0.717, 1.165) is 11.1 Å². The summed E-state index contributed by atoms with van der Waals surface area (Å²) in [7, 11) is 0. The lowest BCUT2D eigenvalue weighted by Crippen LogP contribution is -1.76. The summed E-state index contributed by atoms with van der Waals surface area (Å²) in [6, 6.07) is 0. The summed E-state index contributed by atoms with van der Waals surface area (Å²) >= 11 is 0. The molecule has 0 spiro atoms. The summed E-state index contributed by atoms with van der Waals surface area (Å²) in [5, 5.41) is 0. The first kappa shape index (κ1) is 4.60. The molecule has 0 bridgehead atoms. The lowest BCUT2D eigenvalue weighted by atomic mass is 10.2. The van der Waals surface area contributed by atoms with E-state index in [1.54, 1.807) is 0 Å². The third kappa shape index (κ3) is 0.722. The highest BCUT2D eigenvalue weighted by molar-refractivity contribution is 5.29. The predicted molar refractivity (Wildman–Crippen MR) is 29.1 cm³/mol. The minimum Gasteiger partial charge on any atom is -0.372 e. The van der Waals surface area contributed by atoms with Gasteiger partial charge in [-0.15, -0.1) is 0 Å². The van der Waals surface area contributed by atoms with Crippen molar-refractivity contribution >= 4 is 0 Å². The highest BCUT2D eigenvalue weighted by atomic mass is 16.5. The maximum Gasteiger partial charge on any atom is 0.0719 e. The smallest absolute Gasteiger partial charge is 0.0719 e. The molecule has 1 aliphatic rings. The summed E-state index contributed by atoms with van der Waals surface area (Å²) in [6.07, 6.45) is 0. The molecule has 1 aliphatic heterocycles. The number of hydrogen-bond acceptors (Lipinski definition) is 1. The van der Waals surface area contributed by atoms with Crippen molar-refractivity contribution in [2.75, 3.05) is 13.2 Å². The van der Waals surface area contributed by atoms with Crippen LogP contribution in [0.25, 0.3) is 0 Å². The zero-order chi connectivity index (χ0) is 5.28. The molecule has 1 heteroatoms. The van der Waals surface area contributed by atoms with Crippen molar-refractivity contribution < 1.29 is 4.74 Å². The molecular formula is C6H8O. The summed E-state index contributed by atoms with van der Waals surface area (Å²) in [5.41, 5.74) is 2.08. The van der Waals surface area contributed by atoms with E-state index in [1.807, 2.05) is 0 Å². The van der Waals surface area contributed by atoms with Crippen molar-refractivity contribution in [3.63, 3.8) is 0 Å². The van der Waals surface area contributed by atoms with Gasteiger partial charge in [0.25, 0.3) is 0 Å². The van der Waals surface area contributed by atoms with Crippen LogP contribution >= 0.6 is 0 Å². The largest absolute Gasteiger partial charge is 0.372 e. The molecule has 0 aromatic rings. The van der Waals surface area contributed by atoms with E-state index in [4.69, 9.17) is 4.74 Å². The minimum absolute atomic E-state index is 0.679. The molecular weight excluding hydrogens is 88.1 g/mol. The Morgan fingerprint density at radius 2 is 1.57 bits per heavy atom. The van der Waals surface area contributed by atoms with Crippen molar-refractivity contribution in [1.82, 2.24) is 0 Å². The second-order valence-corrected chi connectivity index (χ2v) is 1.70. The van der Waals surface area contributed by atoms with Crippen molar-refractivity contribution in [2.24, 2.45) is 0 Å². The molecule has 0 amide bonds. The molecule has 0 aromatic heterocycles. The van der Waals surface area contributed by atoms with Crippen LogP contribution in [0.1, 0.15) is 0 Å². The number of ether oxygens (including phenoxy) is 1. The average molecular weight is 96.1 g/mol. The molecule has 38 valence electrons. The third-order valence-electron chi connectivity index (χ3n) is 1.05. The van der Waals surface area contributed by atoms with Gasteiger partial charge in [-0.2, -0.15) is 0 Å². The molecule has 1 saturated heterocycles. The summed E-state index contributed by atoms with van der Waals surface area (Å²) in [6.45, 7) is 8.78. The van der Waals surface area contributed by atoms with E-state index >= 15 is 0 Å². The van der Waals surface area contributed by atoms with E-state index in [1.165, 1.54) is 0 Å². The van der Waals surface area contributed by atoms with Crippen LogP contribution < -0.4 is 0 Å². The average Bonchev–Trinajstić information content (AvgIpc) is 1.91. The Bertz CT molecular complexity index is 99.3. The summed E-state index contributed by atoms with van der Waals surface area (Å²) < 4.78 is 4.97. The van der Waals surface area contributed by atoms with Gasteiger partial charge in [-0.1, -0.05) is 13.2 Å². The second kappa shape index (κ2) is 1.51. The maximum atomic E-state index is 4.97. The van der Waals surface area contributed by atoms with Crippen molar-refractivity contribution in [3.8, 4) is 0 Å². The summed E-state index contributed by atoms with van der Waals surface area (Å²) in [5.74, 6) is 0. The summed E-state index contributed by atoms with van der Waals surface area (Å²) in [4.78, 5) is 0. The van der Waals surface area contributed by atoms with Crippen LogP contribution in [0, 0.1) is 0 Å². The minimum atomic E-state index is 0.679. The molecule has 0 N–H and O–H groups in total. The topological polar surface area (TPSA) is 9.23 Å². The standard InChI is InChI=1S/C6H8O/c1-5-3-7-4-6(5)2/h1-4H2. The quantitative estimate of drug-likeness (QED) is 0.439. The fourth-order valence-corrected chi connectivity index (χ4v) is 0.502. The van der Waals surface area contributed by atoms with E-state index in [2.05, 4.69) is 13.2 Å². The molecule has 0 aliphatic carbocycles. The Kier molecular flexibility index (Phi) is 0.988. The van der Waals surface area contributed by atoms with E-state index in [0.29, 0.717) is 13.2 Å². The van der Waals surface area contributed by atoms with Crippen molar-refractivity contribution in [2.45, 2.75) is 0 Å². The molecule has 0 saturated carbocycles. The Morgan fingerprint density at radius 3 is 1.71 bits per heavy atom. The zero-order valence-electron chi connectivity index (χ0n) is 4.24. The number of hydrogen-bond donors (Lipinski definition) is 0. The van der Waals surface area contributed by atoms with Gasteiger partial charge in [-0.3, -0.25) is 0 Å². The lowest BCUT2D eigenvalue weighted by molar-refractivity contribution is 0.215. The van der Waals surface area contributed by atoms with Gasteiger partial charge in [0.1, 0.15) is 0 Å². The van der Waals surface area contributed by atoms with Crippen LogP contribution in [0.3, 0.4) is 0 Å². The molecule has 1 heterocycles. The van der Waals surface area contributed by atoms with Crippen LogP contribution in [-0.2, 0) is 4.74 Å². The predicted octanol–water partition coefficient (Wildman–Crippen LogP) is 1.13. The van der Waals surface area contributed by atoms with Crippen LogP contribution in [0.15, 0.2) is 24.3 Å². The van der Waals surface area contributed by atoms with Gasteiger partial charge in [-0.05, 0) is 11.1 Å². The first-order chi connectivity index (χ1) is 3.30. The fourth-order valence-electron chi connectivity index (χ4n) is 0.502. The SMILES string of the molecule is C=C1COCC1=C. The van der Waals surface area contributed by atoms with E-state index in [9.17, 15) is 0 Å². The van der Waals surface area contributed by atoms with Gasteiger partial charge in [0, 0.05) is 0 Å². The Balaban J connectivity index is 2.65. The van der Waals surface area contributed by atoms with Crippen molar-refractivity contribution in [3.05, 3.63) is 24.3 Å². The molecule has 0 unspecified atom stereocenters. The van der Waals surface area contributed by atoms with Gasteiger partial charge in [0.2, 0.25) is 0 Å². The molecule has 7 heavy (non-hydrogen) atoms. The number of rotatable bonds is 0. The molecule has 1 fully saturated rings. The Labute approximate surface area is 43.3 Å². The monoisotopic (exact) mass is 96.1 g/mol. The van der Waals surface area contributed by atoms with Gasteiger partial charge in [0.15, 0.2) is 0 Å². The first-order valence-electron chi connectivity index (χ1n) is 2.24. The van der Waals surface area contributed by atoms with Crippen molar-refractivity contribution in [1.29, 1.82) is 0 Å². The normalized spacial score (nSPS) is 21.1. The second-order valence-electron chi connectivity index (χ2n) is 1.70. The lowest BCUT2D eigenvalue weighted by Gasteiger charge is -1.83.